The van der Waals surface area contributed by atoms with Gasteiger partial charge in [0, 0.05) is 25.7 Å². The first-order valence-corrected chi connectivity index (χ1v) is 8.66. The first-order valence-electron chi connectivity index (χ1n) is 8.66. The van der Waals surface area contributed by atoms with Crippen LogP contribution in [-0.2, 0) is 28.7 Å². The summed E-state index contributed by atoms with van der Waals surface area (Å²) >= 11 is 0. The minimum atomic E-state index is -0.866. The SMILES string of the molecule is O=C(O)CCCCC(=O)OCCCCCOC(=O)CCCCC(=O)O. The third kappa shape index (κ3) is 18.1. The van der Waals surface area contributed by atoms with Crippen LogP contribution in [0.15, 0.2) is 0 Å². The zero-order chi connectivity index (χ0) is 18.9. The van der Waals surface area contributed by atoms with Gasteiger partial charge in [0.2, 0.25) is 0 Å². The summed E-state index contributed by atoms with van der Waals surface area (Å²) in [4.78, 5) is 43.3. The Balaban J connectivity index is 3.34. The maximum Gasteiger partial charge on any atom is 0.305 e. The second-order valence-corrected chi connectivity index (χ2v) is 5.70. The predicted octanol–water partition coefficient (Wildman–Crippen LogP) is 2.53. The van der Waals surface area contributed by atoms with Gasteiger partial charge in [-0.25, -0.2) is 0 Å². The van der Waals surface area contributed by atoms with E-state index < -0.39 is 11.9 Å². The van der Waals surface area contributed by atoms with Gasteiger partial charge in [0.05, 0.1) is 13.2 Å². The molecule has 0 amide bonds. The van der Waals surface area contributed by atoms with Crippen LogP contribution in [0.4, 0.5) is 0 Å². The molecule has 0 spiro atoms. The van der Waals surface area contributed by atoms with Crippen LogP contribution in [0.3, 0.4) is 0 Å². The Kier molecular flexibility index (Phi) is 14.1. The summed E-state index contributed by atoms with van der Waals surface area (Å²) in [6, 6.07) is 0. The molecule has 0 aromatic rings. The molecule has 8 heteroatoms. The van der Waals surface area contributed by atoms with Crippen LogP contribution in [-0.4, -0.2) is 47.3 Å². The highest BCUT2D eigenvalue weighted by Gasteiger charge is 2.05. The molecule has 2 N–H and O–H groups in total. The first-order chi connectivity index (χ1) is 11.9. The molecule has 0 bridgehead atoms. The van der Waals surface area contributed by atoms with Gasteiger partial charge in [-0.3, -0.25) is 19.2 Å². The van der Waals surface area contributed by atoms with Crippen molar-refractivity contribution in [1.29, 1.82) is 0 Å². The largest absolute Gasteiger partial charge is 0.481 e. The molecule has 144 valence electrons. The van der Waals surface area contributed by atoms with E-state index in [0.29, 0.717) is 51.7 Å². The van der Waals surface area contributed by atoms with Gasteiger partial charge in [-0.2, -0.15) is 0 Å². The standard InChI is InChI=1S/C17H28O8/c18-14(19)8-2-4-10-16(22)24-12-6-1-7-13-25-17(23)11-5-3-9-15(20)21/h1-13H2,(H,18,19)(H,20,21). The van der Waals surface area contributed by atoms with Crippen LogP contribution in [0, 0.1) is 0 Å². The minimum absolute atomic E-state index is 0.0611. The lowest BCUT2D eigenvalue weighted by Gasteiger charge is -2.06. The van der Waals surface area contributed by atoms with Gasteiger partial charge in [-0.05, 0) is 44.9 Å². The zero-order valence-electron chi connectivity index (χ0n) is 14.5. The van der Waals surface area contributed by atoms with Gasteiger partial charge in [0.25, 0.3) is 0 Å². The van der Waals surface area contributed by atoms with Gasteiger partial charge < -0.3 is 19.7 Å². The minimum Gasteiger partial charge on any atom is -0.481 e. The van der Waals surface area contributed by atoms with Crippen LogP contribution in [0.2, 0.25) is 0 Å². The summed E-state index contributed by atoms with van der Waals surface area (Å²) in [6.45, 7) is 0.613. The summed E-state index contributed by atoms with van der Waals surface area (Å²) in [5.41, 5.74) is 0. The molecule has 0 rings (SSSR count). The molecule has 0 aliphatic rings. The predicted molar refractivity (Wildman–Crippen MR) is 88.0 cm³/mol. The highest BCUT2D eigenvalue weighted by atomic mass is 16.5. The zero-order valence-corrected chi connectivity index (χ0v) is 14.5. The van der Waals surface area contributed by atoms with Crippen molar-refractivity contribution in [1.82, 2.24) is 0 Å². The monoisotopic (exact) mass is 360 g/mol. The number of ether oxygens (including phenoxy) is 2. The lowest BCUT2D eigenvalue weighted by atomic mass is 10.2. The van der Waals surface area contributed by atoms with Gasteiger partial charge in [0.1, 0.15) is 0 Å². The number of hydrogen-bond acceptors (Lipinski definition) is 6. The maximum absolute atomic E-state index is 11.4. The lowest BCUT2D eigenvalue weighted by Crippen LogP contribution is -2.08. The third-order valence-corrected chi connectivity index (χ3v) is 3.36. The van der Waals surface area contributed by atoms with E-state index in [1.54, 1.807) is 0 Å². The summed E-state index contributed by atoms with van der Waals surface area (Å²) in [5.74, 6) is -2.37. The Bertz CT molecular complexity index is 381. The van der Waals surface area contributed by atoms with Gasteiger partial charge in [-0.15, -0.1) is 0 Å². The number of carboxylic acid groups (broad SMARTS) is 2. The van der Waals surface area contributed by atoms with Crippen LogP contribution in [0.5, 0.6) is 0 Å². The van der Waals surface area contributed by atoms with E-state index in [9.17, 15) is 19.2 Å². The van der Waals surface area contributed by atoms with Crippen molar-refractivity contribution in [3.8, 4) is 0 Å². The number of hydrogen-bond donors (Lipinski definition) is 2. The van der Waals surface area contributed by atoms with E-state index in [1.165, 1.54) is 0 Å². The fourth-order valence-electron chi connectivity index (χ4n) is 1.99. The molecule has 8 nitrogen and oxygen atoms in total. The van der Waals surface area contributed by atoms with Crippen molar-refractivity contribution in [3.63, 3.8) is 0 Å². The number of rotatable bonds is 16. The highest BCUT2D eigenvalue weighted by molar-refractivity contribution is 5.70. The quantitative estimate of drug-likeness (QED) is 0.317. The molecule has 0 unspecified atom stereocenters. The van der Waals surface area contributed by atoms with E-state index in [2.05, 4.69) is 0 Å². The molecule has 0 saturated heterocycles. The molecular formula is C17H28O8. The Labute approximate surface area is 147 Å². The molecule has 0 fully saturated rings. The average Bonchev–Trinajstić information content (AvgIpc) is 2.54. The Morgan fingerprint density at radius 3 is 1.24 bits per heavy atom. The molecule has 0 aromatic heterocycles. The highest BCUT2D eigenvalue weighted by Crippen LogP contribution is 2.04. The summed E-state index contributed by atoms with van der Waals surface area (Å²) in [6.07, 6.45) is 4.64. The third-order valence-electron chi connectivity index (χ3n) is 3.36. The number of carboxylic acids is 2. The average molecular weight is 360 g/mol. The van der Waals surface area contributed by atoms with Crippen molar-refractivity contribution in [2.24, 2.45) is 0 Å². The van der Waals surface area contributed by atoms with E-state index in [-0.39, 0.29) is 37.6 Å². The molecule has 0 radical (unpaired) electrons. The number of unbranched alkanes of at least 4 members (excludes halogenated alkanes) is 4. The van der Waals surface area contributed by atoms with Crippen molar-refractivity contribution in [2.45, 2.75) is 70.6 Å². The van der Waals surface area contributed by atoms with Gasteiger partial charge in [0.15, 0.2) is 0 Å². The number of esters is 2. The maximum atomic E-state index is 11.4. The van der Waals surface area contributed by atoms with Gasteiger partial charge >= 0.3 is 23.9 Å². The van der Waals surface area contributed by atoms with Crippen molar-refractivity contribution in [3.05, 3.63) is 0 Å². The van der Waals surface area contributed by atoms with Crippen molar-refractivity contribution >= 4 is 23.9 Å². The van der Waals surface area contributed by atoms with Crippen molar-refractivity contribution in [2.75, 3.05) is 13.2 Å². The second kappa shape index (κ2) is 15.4. The summed E-state index contributed by atoms with van der Waals surface area (Å²) < 4.78 is 10.0. The molecule has 0 saturated carbocycles. The Morgan fingerprint density at radius 2 is 0.880 bits per heavy atom. The molecule has 0 aliphatic heterocycles. The summed E-state index contributed by atoms with van der Waals surface area (Å²) in [5, 5.41) is 16.9. The number of aliphatic carboxylic acids is 2. The van der Waals surface area contributed by atoms with E-state index in [4.69, 9.17) is 19.7 Å². The van der Waals surface area contributed by atoms with Crippen LogP contribution in [0.1, 0.15) is 70.6 Å². The number of carbonyl (C=O) groups is 4. The van der Waals surface area contributed by atoms with Crippen LogP contribution >= 0.6 is 0 Å². The molecular weight excluding hydrogens is 332 g/mol. The fourth-order valence-corrected chi connectivity index (χ4v) is 1.99. The van der Waals surface area contributed by atoms with Gasteiger partial charge in [-0.1, -0.05) is 0 Å². The molecule has 25 heavy (non-hydrogen) atoms. The molecule has 0 aliphatic carbocycles. The normalized spacial score (nSPS) is 10.2. The van der Waals surface area contributed by atoms with Crippen LogP contribution < -0.4 is 0 Å². The fraction of sp³-hybridized carbons (Fsp3) is 0.765. The molecule has 0 atom stereocenters. The van der Waals surface area contributed by atoms with E-state index >= 15 is 0 Å². The van der Waals surface area contributed by atoms with E-state index in [0.717, 1.165) is 6.42 Å². The topological polar surface area (TPSA) is 127 Å². The smallest absolute Gasteiger partial charge is 0.305 e. The molecule has 0 heterocycles. The van der Waals surface area contributed by atoms with Crippen LogP contribution in [0.25, 0.3) is 0 Å². The summed E-state index contributed by atoms with van der Waals surface area (Å²) in [7, 11) is 0. The number of carbonyl (C=O) groups excluding carboxylic acids is 2. The van der Waals surface area contributed by atoms with Crippen molar-refractivity contribution < 1.29 is 38.9 Å². The first kappa shape index (κ1) is 22.9. The second-order valence-electron chi connectivity index (χ2n) is 5.70. The lowest BCUT2D eigenvalue weighted by molar-refractivity contribution is -0.144. The Hall–Kier alpha value is -2.12. The Morgan fingerprint density at radius 1 is 0.520 bits per heavy atom. The molecule has 0 aromatic carbocycles. The van der Waals surface area contributed by atoms with E-state index in [1.807, 2.05) is 0 Å².